The first kappa shape index (κ1) is 19.9. The number of ether oxygens (including phenoxy) is 2. The van der Waals surface area contributed by atoms with Crippen molar-refractivity contribution in [2.75, 3.05) is 14.2 Å². The van der Waals surface area contributed by atoms with Crippen molar-refractivity contribution in [3.63, 3.8) is 0 Å². The molecule has 0 bridgehead atoms. The normalized spacial score (nSPS) is 10.5. The third-order valence-electron chi connectivity index (χ3n) is 4.19. The van der Waals surface area contributed by atoms with Crippen LogP contribution < -0.4 is 14.8 Å². The molecule has 8 heteroatoms. The molecule has 0 aliphatic heterocycles. The van der Waals surface area contributed by atoms with E-state index in [9.17, 15) is 4.79 Å². The van der Waals surface area contributed by atoms with Crippen LogP contribution in [0.3, 0.4) is 0 Å². The van der Waals surface area contributed by atoms with E-state index in [2.05, 4.69) is 36.4 Å². The number of hydrogen-bond donors (Lipinski definition) is 2. The number of aryl methyl sites for hydroxylation is 1. The minimum Gasteiger partial charge on any atom is -0.497 e. The Morgan fingerprint density at radius 1 is 1.14 bits per heavy atom. The van der Waals surface area contributed by atoms with Gasteiger partial charge in [0.05, 0.1) is 25.2 Å². The zero-order valence-electron chi connectivity index (χ0n) is 15.7. The number of carbonyl (C=O) groups is 1. The Labute approximate surface area is 171 Å². The molecule has 0 saturated heterocycles. The van der Waals surface area contributed by atoms with Gasteiger partial charge in [-0.1, -0.05) is 6.07 Å². The van der Waals surface area contributed by atoms with Crippen molar-refractivity contribution >= 4 is 21.8 Å². The summed E-state index contributed by atoms with van der Waals surface area (Å²) in [6.45, 7) is 0.300. The number of carbonyl (C=O) groups excluding carboxylic acids is 1. The van der Waals surface area contributed by atoms with Crippen LogP contribution in [-0.4, -0.2) is 35.3 Å². The molecule has 7 nitrogen and oxygen atoms in total. The summed E-state index contributed by atoms with van der Waals surface area (Å²) >= 11 is 3.45. The maximum Gasteiger partial charge on any atom is 0.220 e. The Morgan fingerprint density at radius 2 is 1.93 bits per heavy atom. The second kappa shape index (κ2) is 9.36. The zero-order valence-corrected chi connectivity index (χ0v) is 17.2. The van der Waals surface area contributed by atoms with Gasteiger partial charge in [0.1, 0.15) is 17.3 Å². The third kappa shape index (κ3) is 5.10. The second-order valence-corrected chi connectivity index (χ2v) is 6.93. The molecule has 28 heavy (non-hydrogen) atoms. The monoisotopic (exact) mass is 444 g/mol. The summed E-state index contributed by atoms with van der Waals surface area (Å²) in [6, 6.07) is 13.3. The molecule has 0 aliphatic rings. The zero-order chi connectivity index (χ0) is 19.9. The fourth-order valence-corrected chi connectivity index (χ4v) is 3.23. The molecular formula is C20H21BrN4O3. The molecule has 1 aromatic heterocycles. The van der Waals surface area contributed by atoms with Crippen LogP contribution in [0.4, 0.5) is 0 Å². The fourth-order valence-electron chi connectivity index (χ4n) is 2.64. The van der Waals surface area contributed by atoms with Crippen molar-refractivity contribution in [3.05, 3.63) is 58.3 Å². The molecule has 3 aromatic rings. The lowest BCUT2D eigenvalue weighted by Gasteiger charge is -2.07. The third-order valence-corrected chi connectivity index (χ3v) is 4.81. The maximum absolute atomic E-state index is 12.1. The van der Waals surface area contributed by atoms with Gasteiger partial charge in [0.2, 0.25) is 5.91 Å². The van der Waals surface area contributed by atoms with Crippen LogP contribution in [0.1, 0.15) is 17.8 Å². The number of hydrogen-bond acceptors (Lipinski definition) is 5. The molecule has 1 heterocycles. The quantitative estimate of drug-likeness (QED) is 0.554. The number of H-pyrrole nitrogens is 1. The van der Waals surface area contributed by atoms with Crippen molar-refractivity contribution < 1.29 is 14.3 Å². The first-order valence-corrected chi connectivity index (χ1v) is 9.53. The van der Waals surface area contributed by atoms with Crippen LogP contribution in [0, 0.1) is 0 Å². The van der Waals surface area contributed by atoms with Crippen LogP contribution in [0.15, 0.2) is 46.9 Å². The highest BCUT2D eigenvalue weighted by molar-refractivity contribution is 9.10. The summed E-state index contributed by atoms with van der Waals surface area (Å²) in [4.78, 5) is 16.5. The van der Waals surface area contributed by atoms with Gasteiger partial charge in [0, 0.05) is 12.0 Å². The number of nitrogens with zero attached hydrogens (tertiary/aromatic N) is 2. The Balaban J connectivity index is 1.49. The smallest absolute Gasteiger partial charge is 0.220 e. The van der Waals surface area contributed by atoms with Crippen molar-refractivity contribution in [2.45, 2.75) is 19.4 Å². The van der Waals surface area contributed by atoms with Crippen molar-refractivity contribution in [1.29, 1.82) is 0 Å². The van der Waals surface area contributed by atoms with Crippen molar-refractivity contribution in [2.24, 2.45) is 0 Å². The standard InChI is InChI=1S/C20H21BrN4O3/c1-27-15-7-5-14(6-8-15)20-23-18(24-25-20)12-22-19(26)10-4-13-3-9-17(28-2)16(21)11-13/h3,5-9,11H,4,10,12H2,1-2H3,(H,22,26)(H,23,24,25). The maximum atomic E-state index is 12.1. The highest BCUT2D eigenvalue weighted by Crippen LogP contribution is 2.26. The molecule has 1 amide bonds. The number of methoxy groups -OCH3 is 2. The van der Waals surface area contributed by atoms with Gasteiger partial charge in [-0.05, 0) is 64.3 Å². The van der Waals surface area contributed by atoms with Gasteiger partial charge in [0.25, 0.3) is 0 Å². The van der Waals surface area contributed by atoms with Crippen LogP contribution in [-0.2, 0) is 17.8 Å². The predicted molar refractivity (Wildman–Crippen MR) is 109 cm³/mol. The van der Waals surface area contributed by atoms with Gasteiger partial charge < -0.3 is 14.8 Å². The minimum absolute atomic E-state index is 0.0469. The summed E-state index contributed by atoms with van der Waals surface area (Å²) in [7, 11) is 3.24. The van der Waals surface area contributed by atoms with Gasteiger partial charge in [-0.3, -0.25) is 9.89 Å². The number of amides is 1. The first-order chi connectivity index (χ1) is 13.6. The van der Waals surface area contributed by atoms with E-state index < -0.39 is 0 Å². The SMILES string of the molecule is COc1ccc(-c2n[nH]c(CNC(=O)CCc3ccc(OC)c(Br)c3)n2)cc1. The van der Waals surface area contributed by atoms with Gasteiger partial charge in [-0.15, -0.1) is 0 Å². The fraction of sp³-hybridized carbons (Fsp3) is 0.250. The Bertz CT molecular complexity index is 941. The Hall–Kier alpha value is -2.87. The van der Waals surface area contributed by atoms with E-state index >= 15 is 0 Å². The van der Waals surface area contributed by atoms with E-state index in [1.165, 1.54) is 0 Å². The molecule has 0 saturated carbocycles. The molecule has 0 fully saturated rings. The summed E-state index contributed by atoms with van der Waals surface area (Å²) in [5.41, 5.74) is 1.93. The average Bonchev–Trinajstić information content (AvgIpc) is 3.20. The highest BCUT2D eigenvalue weighted by atomic mass is 79.9. The van der Waals surface area contributed by atoms with Crippen LogP contribution in [0.2, 0.25) is 0 Å². The van der Waals surface area contributed by atoms with Crippen LogP contribution >= 0.6 is 15.9 Å². The molecule has 0 radical (unpaired) electrons. The van der Waals surface area contributed by atoms with Crippen molar-refractivity contribution in [3.8, 4) is 22.9 Å². The average molecular weight is 445 g/mol. The summed E-state index contributed by atoms with van der Waals surface area (Å²) < 4.78 is 11.2. The molecule has 0 unspecified atom stereocenters. The molecule has 0 spiro atoms. The number of benzene rings is 2. The van der Waals surface area contributed by atoms with Crippen LogP contribution in [0.5, 0.6) is 11.5 Å². The lowest BCUT2D eigenvalue weighted by atomic mass is 10.1. The highest BCUT2D eigenvalue weighted by Gasteiger charge is 2.09. The molecule has 0 atom stereocenters. The van der Waals surface area contributed by atoms with Crippen molar-refractivity contribution in [1.82, 2.24) is 20.5 Å². The Morgan fingerprint density at radius 3 is 2.61 bits per heavy atom. The van der Waals surface area contributed by atoms with E-state index in [1.54, 1.807) is 14.2 Å². The van der Waals surface area contributed by atoms with Gasteiger partial charge in [0.15, 0.2) is 5.82 Å². The van der Waals surface area contributed by atoms with E-state index in [0.29, 0.717) is 31.0 Å². The minimum atomic E-state index is -0.0469. The predicted octanol–water partition coefficient (Wildman–Crippen LogP) is 3.50. The number of aromatic nitrogens is 3. The molecule has 0 aliphatic carbocycles. The van der Waals surface area contributed by atoms with E-state index in [1.807, 2.05) is 42.5 Å². The van der Waals surface area contributed by atoms with Gasteiger partial charge in [-0.2, -0.15) is 5.10 Å². The summed E-state index contributed by atoms with van der Waals surface area (Å²) in [5, 5.41) is 9.91. The second-order valence-electron chi connectivity index (χ2n) is 6.08. The Kier molecular flexibility index (Phi) is 6.65. The lowest BCUT2D eigenvalue weighted by Crippen LogP contribution is -2.23. The summed E-state index contributed by atoms with van der Waals surface area (Å²) in [5.74, 6) is 2.68. The summed E-state index contributed by atoms with van der Waals surface area (Å²) in [6.07, 6.45) is 1.03. The first-order valence-electron chi connectivity index (χ1n) is 8.74. The topological polar surface area (TPSA) is 89.1 Å². The van der Waals surface area contributed by atoms with Gasteiger partial charge in [-0.25, -0.2) is 4.98 Å². The van der Waals surface area contributed by atoms with E-state index in [-0.39, 0.29) is 5.91 Å². The van der Waals surface area contributed by atoms with Crippen LogP contribution in [0.25, 0.3) is 11.4 Å². The number of halogens is 1. The van der Waals surface area contributed by atoms with E-state index in [0.717, 1.165) is 27.1 Å². The molecular weight excluding hydrogens is 424 g/mol. The molecule has 146 valence electrons. The lowest BCUT2D eigenvalue weighted by molar-refractivity contribution is -0.121. The molecule has 2 N–H and O–H groups in total. The number of aromatic amines is 1. The largest absolute Gasteiger partial charge is 0.497 e. The number of rotatable bonds is 8. The van der Waals surface area contributed by atoms with E-state index in [4.69, 9.17) is 9.47 Å². The molecule has 3 rings (SSSR count). The van der Waals surface area contributed by atoms with Gasteiger partial charge >= 0.3 is 0 Å². The molecule has 2 aromatic carbocycles. The number of nitrogens with one attached hydrogen (secondary N) is 2.